The predicted octanol–water partition coefficient (Wildman–Crippen LogP) is 1.73. The average molecular weight is 256 g/mol. The number of rotatable bonds is 8. The Kier molecular flexibility index (Phi) is 6.07. The topological polar surface area (TPSA) is 77.4 Å². The van der Waals surface area contributed by atoms with E-state index in [1.807, 2.05) is 6.92 Å². The minimum atomic E-state index is -0.239. The quantitative estimate of drug-likeness (QED) is 0.763. The maximum atomic E-state index is 5.73. The molecule has 0 aliphatic rings. The van der Waals surface area contributed by atoms with Crippen LogP contribution < -0.4 is 10.6 Å². The van der Waals surface area contributed by atoms with Gasteiger partial charge in [-0.15, -0.1) is 5.10 Å². The highest BCUT2D eigenvalue weighted by Gasteiger charge is 2.21. The van der Waals surface area contributed by atoms with Crippen LogP contribution in [0.25, 0.3) is 0 Å². The van der Waals surface area contributed by atoms with E-state index in [-0.39, 0.29) is 6.04 Å². The molecule has 1 aromatic heterocycles. The Morgan fingerprint density at radius 2 is 2.00 bits per heavy atom. The molecule has 18 heavy (non-hydrogen) atoms. The van der Waals surface area contributed by atoms with Gasteiger partial charge in [0.2, 0.25) is 5.89 Å². The summed E-state index contributed by atoms with van der Waals surface area (Å²) in [4.78, 5) is 2.10. The predicted molar refractivity (Wildman–Crippen MR) is 70.5 cm³/mol. The van der Waals surface area contributed by atoms with Crippen LogP contribution in [0, 0.1) is 0 Å². The second kappa shape index (κ2) is 7.33. The van der Waals surface area contributed by atoms with Crippen molar-refractivity contribution < 1.29 is 9.15 Å². The van der Waals surface area contributed by atoms with Crippen molar-refractivity contribution in [2.45, 2.75) is 45.7 Å². The summed E-state index contributed by atoms with van der Waals surface area (Å²) in [7, 11) is 1.69. The van der Waals surface area contributed by atoms with Crippen molar-refractivity contribution in [3.05, 3.63) is 5.89 Å². The third-order valence-electron chi connectivity index (χ3n) is 2.98. The van der Waals surface area contributed by atoms with Gasteiger partial charge in [-0.05, 0) is 19.8 Å². The highest BCUT2D eigenvalue weighted by molar-refractivity contribution is 5.26. The lowest BCUT2D eigenvalue weighted by Gasteiger charge is -2.28. The van der Waals surface area contributed by atoms with Gasteiger partial charge in [0.25, 0.3) is 0 Å². The van der Waals surface area contributed by atoms with Gasteiger partial charge in [0, 0.05) is 19.7 Å². The average Bonchev–Trinajstić information content (AvgIpc) is 2.84. The molecule has 0 spiro atoms. The first-order valence-corrected chi connectivity index (χ1v) is 6.48. The summed E-state index contributed by atoms with van der Waals surface area (Å²) >= 11 is 0. The van der Waals surface area contributed by atoms with Gasteiger partial charge in [-0.2, -0.15) is 0 Å². The smallest absolute Gasteiger partial charge is 0.318 e. The molecule has 0 fully saturated rings. The van der Waals surface area contributed by atoms with Gasteiger partial charge in [0.05, 0.1) is 12.6 Å². The maximum absolute atomic E-state index is 5.73. The molecule has 0 saturated carbocycles. The van der Waals surface area contributed by atoms with Crippen molar-refractivity contribution in [3.8, 4) is 0 Å². The lowest BCUT2D eigenvalue weighted by atomic mass is 10.1. The molecule has 0 aliphatic heterocycles. The summed E-state index contributed by atoms with van der Waals surface area (Å²) in [6, 6.07) is 0.673. The van der Waals surface area contributed by atoms with E-state index in [9.17, 15) is 0 Å². The molecule has 0 bridgehead atoms. The molecular weight excluding hydrogens is 232 g/mol. The fourth-order valence-corrected chi connectivity index (χ4v) is 1.88. The van der Waals surface area contributed by atoms with Crippen LogP contribution in [0.15, 0.2) is 4.42 Å². The van der Waals surface area contributed by atoms with Crippen LogP contribution in [0.3, 0.4) is 0 Å². The number of aromatic nitrogens is 2. The van der Waals surface area contributed by atoms with Gasteiger partial charge < -0.3 is 19.8 Å². The number of hydrogen-bond donors (Lipinski definition) is 1. The second-order valence-electron chi connectivity index (χ2n) is 4.37. The Bertz CT molecular complexity index is 337. The highest BCUT2D eigenvalue weighted by Crippen LogP contribution is 2.20. The van der Waals surface area contributed by atoms with E-state index in [2.05, 4.69) is 28.9 Å². The summed E-state index contributed by atoms with van der Waals surface area (Å²) in [5.41, 5.74) is 5.73. The van der Waals surface area contributed by atoms with Gasteiger partial charge in [0.1, 0.15) is 0 Å². The van der Waals surface area contributed by atoms with Crippen molar-refractivity contribution in [2.75, 3.05) is 25.2 Å². The Labute approximate surface area is 108 Å². The van der Waals surface area contributed by atoms with Crippen LogP contribution in [-0.2, 0) is 4.74 Å². The van der Waals surface area contributed by atoms with Crippen molar-refractivity contribution in [2.24, 2.45) is 5.73 Å². The van der Waals surface area contributed by atoms with E-state index in [0.717, 1.165) is 19.4 Å². The maximum Gasteiger partial charge on any atom is 0.318 e. The molecule has 104 valence electrons. The minimum Gasteiger partial charge on any atom is -0.406 e. The van der Waals surface area contributed by atoms with Crippen LogP contribution >= 0.6 is 0 Å². The Balaban J connectivity index is 2.85. The summed E-state index contributed by atoms with van der Waals surface area (Å²) in [5.74, 6) is 0.471. The molecule has 1 rings (SSSR count). The van der Waals surface area contributed by atoms with E-state index in [0.29, 0.717) is 24.6 Å². The normalized spacial score (nSPS) is 13.0. The summed E-state index contributed by atoms with van der Waals surface area (Å²) < 4.78 is 10.7. The molecule has 0 aromatic carbocycles. The first-order valence-electron chi connectivity index (χ1n) is 6.48. The number of nitrogens with two attached hydrogens (primary N) is 1. The Hall–Kier alpha value is -1.14. The number of methoxy groups -OCH3 is 1. The zero-order chi connectivity index (χ0) is 13.5. The molecule has 0 radical (unpaired) electrons. The SMILES string of the molecule is CCC(CC)N(CCOC)c1nnc(C(C)N)o1. The van der Waals surface area contributed by atoms with Crippen LogP contribution in [0.5, 0.6) is 0 Å². The fraction of sp³-hybridized carbons (Fsp3) is 0.833. The molecule has 1 heterocycles. The van der Waals surface area contributed by atoms with E-state index >= 15 is 0 Å². The lowest BCUT2D eigenvalue weighted by molar-refractivity contribution is 0.200. The third kappa shape index (κ3) is 3.68. The first-order chi connectivity index (χ1) is 8.63. The largest absolute Gasteiger partial charge is 0.406 e. The van der Waals surface area contributed by atoms with E-state index in [1.165, 1.54) is 0 Å². The summed E-state index contributed by atoms with van der Waals surface area (Å²) in [6.07, 6.45) is 2.05. The highest BCUT2D eigenvalue weighted by atomic mass is 16.5. The number of ether oxygens (including phenoxy) is 1. The lowest BCUT2D eigenvalue weighted by Crippen LogP contribution is -2.37. The van der Waals surface area contributed by atoms with Crippen LogP contribution in [0.2, 0.25) is 0 Å². The molecule has 0 aliphatic carbocycles. The van der Waals surface area contributed by atoms with Crippen LogP contribution in [0.1, 0.15) is 45.5 Å². The van der Waals surface area contributed by atoms with Gasteiger partial charge >= 0.3 is 6.01 Å². The standard InChI is InChI=1S/C12H24N4O2/c1-5-10(6-2)16(7-8-17-4)12-15-14-11(18-12)9(3)13/h9-10H,5-8,13H2,1-4H3. The molecule has 0 amide bonds. The van der Waals surface area contributed by atoms with Crippen LogP contribution in [0.4, 0.5) is 6.01 Å². The zero-order valence-corrected chi connectivity index (χ0v) is 11.7. The Morgan fingerprint density at radius 1 is 1.33 bits per heavy atom. The van der Waals surface area contributed by atoms with Gasteiger partial charge in [-0.25, -0.2) is 0 Å². The van der Waals surface area contributed by atoms with Gasteiger partial charge in [0.15, 0.2) is 0 Å². The molecule has 6 nitrogen and oxygen atoms in total. The minimum absolute atomic E-state index is 0.239. The van der Waals surface area contributed by atoms with Crippen molar-refractivity contribution in [1.82, 2.24) is 10.2 Å². The molecule has 1 aromatic rings. The molecular formula is C12H24N4O2. The van der Waals surface area contributed by atoms with E-state index < -0.39 is 0 Å². The van der Waals surface area contributed by atoms with Gasteiger partial charge in [-0.3, -0.25) is 0 Å². The summed E-state index contributed by atoms with van der Waals surface area (Å²) in [5, 5.41) is 8.05. The van der Waals surface area contributed by atoms with Crippen molar-refractivity contribution in [3.63, 3.8) is 0 Å². The second-order valence-corrected chi connectivity index (χ2v) is 4.37. The molecule has 2 N–H and O–H groups in total. The molecule has 1 unspecified atom stereocenters. The monoisotopic (exact) mass is 256 g/mol. The van der Waals surface area contributed by atoms with Gasteiger partial charge in [-0.1, -0.05) is 18.9 Å². The van der Waals surface area contributed by atoms with E-state index in [1.54, 1.807) is 7.11 Å². The molecule has 1 atom stereocenters. The molecule has 6 heteroatoms. The van der Waals surface area contributed by atoms with E-state index in [4.69, 9.17) is 14.9 Å². The fourth-order valence-electron chi connectivity index (χ4n) is 1.88. The van der Waals surface area contributed by atoms with Crippen molar-refractivity contribution in [1.29, 1.82) is 0 Å². The Morgan fingerprint density at radius 3 is 2.44 bits per heavy atom. The summed E-state index contributed by atoms with van der Waals surface area (Å²) in [6.45, 7) is 7.50. The number of anilines is 1. The third-order valence-corrected chi connectivity index (χ3v) is 2.98. The first kappa shape index (κ1) is 14.9. The van der Waals surface area contributed by atoms with Crippen molar-refractivity contribution >= 4 is 6.01 Å². The number of hydrogen-bond acceptors (Lipinski definition) is 6. The number of nitrogens with zero attached hydrogens (tertiary/aromatic N) is 3. The molecule has 0 saturated heterocycles. The van der Waals surface area contributed by atoms with Crippen LogP contribution in [-0.4, -0.2) is 36.5 Å². The zero-order valence-electron chi connectivity index (χ0n) is 11.7.